The number of carbonyl (C=O) groups is 4. The van der Waals surface area contributed by atoms with Gasteiger partial charge in [0.15, 0.2) is 5.75 Å². The maximum Gasteiger partial charge on any atom is 0.321 e. The summed E-state index contributed by atoms with van der Waals surface area (Å²) in [5.74, 6) is -4.41. The summed E-state index contributed by atoms with van der Waals surface area (Å²) in [6.45, 7) is 1.65. The molecule has 306 valence electrons. The van der Waals surface area contributed by atoms with Crippen LogP contribution in [0.1, 0.15) is 32.1 Å². The SMILES string of the molecule is CN(C)CCCOc1cc(N)c2ccc3c(ON(C)CCCNC(CC(=O)O)C(=O)O)cc(S(=O)(=O)N(C)CCCNC(CC(=O)O)C(=O)O)c4ccc1c2c34. The van der Waals surface area contributed by atoms with Gasteiger partial charge < -0.3 is 51.3 Å². The molecule has 18 nitrogen and oxygen atoms in total. The van der Waals surface area contributed by atoms with Crippen LogP contribution in [-0.2, 0) is 29.2 Å². The highest BCUT2D eigenvalue weighted by Crippen LogP contribution is 2.46. The number of nitrogens with two attached hydrogens (primary N) is 1. The van der Waals surface area contributed by atoms with Gasteiger partial charge in [0, 0.05) is 83.9 Å². The maximum atomic E-state index is 14.4. The summed E-state index contributed by atoms with van der Waals surface area (Å²) in [5.41, 5.74) is 7.01. The monoisotopic (exact) mass is 802 g/mol. The van der Waals surface area contributed by atoms with Gasteiger partial charge in [-0.25, -0.2) is 12.7 Å². The van der Waals surface area contributed by atoms with E-state index in [2.05, 4.69) is 10.6 Å². The van der Waals surface area contributed by atoms with Gasteiger partial charge in [-0.2, -0.15) is 0 Å². The van der Waals surface area contributed by atoms with E-state index in [-0.39, 0.29) is 43.2 Å². The van der Waals surface area contributed by atoms with Crippen LogP contribution in [0.4, 0.5) is 5.69 Å². The summed E-state index contributed by atoms with van der Waals surface area (Å²) in [6, 6.07) is 7.74. The summed E-state index contributed by atoms with van der Waals surface area (Å²) >= 11 is 0. The van der Waals surface area contributed by atoms with Gasteiger partial charge in [-0.1, -0.05) is 12.1 Å². The molecule has 0 amide bonds. The van der Waals surface area contributed by atoms with Crippen LogP contribution in [-0.4, -0.2) is 147 Å². The molecule has 56 heavy (non-hydrogen) atoms. The quantitative estimate of drug-likeness (QED) is 0.0219. The van der Waals surface area contributed by atoms with Crippen LogP contribution >= 0.6 is 0 Å². The average molecular weight is 803 g/mol. The fourth-order valence-corrected chi connectivity index (χ4v) is 7.80. The van der Waals surface area contributed by atoms with Crippen molar-refractivity contribution >= 4 is 71.9 Å². The predicted molar refractivity (Wildman–Crippen MR) is 209 cm³/mol. The average Bonchev–Trinajstić information content (AvgIpc) is 3.12. The van der Waals surface area contributed by atoms with Gasteiger partial charge in [-0.3, -0.25) is 19.2 Å². The Hall–Kier alpha value is -5.05. The van der Waals surface area contributed by atoms with Crippen molar-refractivity contribution < 1.29 is 57.6 Å². The molecule has 4 rings (SSSR count). The van der Waals surface area contributed by atoms with E-state index in [1.165, 1.54) is 18.2 Å². The lowest BCUT2D eigenvalue weighted by atomic mass is 9.92. The number of hydroxylamine groups is 2. The van der Waals surface area contributed by atoms with E-state index >= 15 is 0 Å². The third-order valence-corrected chi connectivity index (χ3v) is 11.1. The fourth-order valence-electron chi connectivity index (χ4n) is 6.40. The zero-order valence-corrected chi connectivity index (χ0v) is 32.6. The molecule has 0 saturated heterocycles. The lowest BCUT2D eigenvalue weighted by Gasteiger charge is -2.24. The van der Waals surface area contributed by atoms with Crippen molar-refractivity contribution in [3.8, 4) is 11.5 Å². The number of nitrogens with zero attached hydrogens (tertiary/aromatic N) is 3. The van der Waals surface area contributed by atoms with Crippen LogP contribution < -0.4 is 25.9 Å². The minimum Gasteiger partial charge on any atom is -0.493 e. The number of nitrogens with one attached hydrogen (secondary N) is 2. The Kier molecular flexibility index (Phi) is 15.0. The van der Waals surface area contributed by atoms with Crippen LogP contribution in [0, 0.1) is 0 Å². The topological polar surface area (TPSA) is 262 Å². The molecule has 0 aliphatic rings. The summed E-state index contributed by atoms with van der Waals surface area (Å²) in [5, 5.41) is 47.2. The number of ether oxygens (including phenoxy) is 1. The molecule has 0 saturated carbocycles. The molecule has 4 aromatic carbocycles. The van der Waals surface area contributed by atoms with E-state index in [9.17, 15) is 37.8 Å². The Balaban J connectivity index is 1.71. The van der Waals surface area contributed by atoms with Crippen molar-refractivity contribution in [2.24, 2.45) is 0 Å². The van der Waals surface area contributed by atoms with Crippen molar-refractivity contribution in [1.82, 2.24) is 24.9 Å². The number of rotatable bonds is 25. The van der Waals surface area contributed by atoms with Gasteiger partial charge in [-0.15, -0.1) is 5.06 Å². The lowest BCUT2D eigenvalue weighted by Crippen LogP contribution is -2.40. The number of benzene rings is 4. The van der Waals surface area contributed by atoms with Crippen LogP contribution in [0.5, 0.6) is 11.5 Å². The van der Waals surface area contributed by atoms with Gasteiger partial charge >= 0.3 is 23.9 Å². The van der Waals surface area contributed by atoms with Gasteiger partial charge in [-0.05, 0) is 58.6 Å². The largest absolute Gasteiger partial charge is 0.493 e. The summed E-state index contributed by atoms with van der Waals surface area (Å²) in [6.07, 6.45) is 0.0552. The third-order valence-electron chi connectivity index (χ3n) is 9.20. The van der Waals surface area contributed by atoms with Gasteiger partial charge in [0.25, 0.3) is 0 Å². The van der Waals surface area contributed by atoms with Gasteiger partial charge in [0.2, 0.25) is 10.0 Å². The third kappa shape index (κ3) is 10.8. The normalized spacial score (nSPS) is 13.3. The van der Waals surface area contributed by atoms with Crippen LogP contribution in [0.15, 0.2) is 41.3 Å². The number of anilines is 1. The minimum atomic E-state index is -4.24. The molecule has 0 spiro atoms. The maximum absolute atomic E-state index is 14.4. The molecule has 4 aromatic rings. The molecular weight excluding hydrogens is 753 g/mol. The minimum absolute atomic E-state index is 0.0308. The molecule has 0 aliphatic carbocycles. The molecule has 0 bridgehead atoms. The summed E-state index contributed by atoms with van der Waals surface area (Å²) in [7, 11) is 2.72. The molecule has 0 fully saturated rings. The van der Waals surface area contributed by atoms with Crippen molar-refractivity contribution in [3.05, 3.63) is 36.4 Å². The Morgan fingerprint density at radius 1 is 0.714 bits per heavy atom. The highest BCUT2D eigenvalue weighted by molar-refractivity contribution is 7.89. The molecule has 19 heteroatoms. The Labute approximate surface area is 324 Å². The van der Waals surface area contributed by atoms with Crippen molar-refractivity contribution in [1.29, 1.82) is 0 Å². The lowest BCUT2D eigenvalue weighted by molar-refractivity contribution is -0.145. The standard InChI is InChI=1S/C37H50N6O12S/c1-41(2)14-7-17-54-29-18-26(38)22-8-9-24-30(55-42(3)15-5-12-39-27(36(48)49)19-32(44)45)21-31(25-11-10-23(29)34(22)35(24)25)56(52,53)43(4)16-6-13-40-28(37(50)51)20-33(46)47/h8-11,18,21,27-28,39-40H,5-7,12-17,19-20,38H2,1-4H3,(H,44,45)(H,46,47)(H,48,49)(H,50,51). The second kappa shape index (κ2) is 19.2. The van der Waals surface area contributed by atoms with E-state index in [4.69, 9.17) is 25.5 Å². The van der Waals surface area contributed by atoms with Crippen LogP contribution in [0.2, 0.25) is 0 Å². The van der Waals surface area contributed by atoms with E-state index in [0.717, 1.165) is 22.7 Å². The fraction of sp³-hybridized carbons (Fsp3) is 0.459. The first-order valence-electron chi connectivity index (χ1n) is 17.9. The molecule has 0 heterocycles. The van der Waals surface area contributed by atoms with E-state index in [1.54, 1.807) is 31.3 Å². The summed E-state index contributed by atoms with van der Waals surface area (Å²) < 4.78 is 36.1. The van der Waals surface area contributed by atoms with Crippen molar-refractivity contribution in [2.75, 3.05) is 73.3 Å². The van der Waals surface area contributed by atoms with Gasteiger partial charge in [0.1, 0.15) is 17.8 Å². The predicted octanol–water partition coefficient (Wildman–Crippen LogP) is 2.16. The highest BCUT2D eigenvalue weighted by Gasteiger charge is 2.29. The van der Waals surface area contributed by atoms with Crippen LogP contribution in [0.25, 0.3) is 32.3 Å². The van der Waals surface area contributed by atoms with Crippen molar-refractivity contribution in [3.63, 3.8) is 0 Å². The van der Waals surface area contributed by atoms with Crippen LogP contribution in [0.3, 0.4) is 0 Å². The Morgan fingerprint density at radius 3 is 1.79 bits per heavy atom. The number of aliphatic carboxylic acids is 4. The highest BCUT2D eigenvalue weighted by atomic mass is 32.2. The number of carboxylic acids is 4. The van der Waals surface area contributed by atoms with Gasteiger partial charge in [0.05, 0.1) is 24.3 Å². The van der Waals surface area contributed by atoms with E-state index in [0.29, 0.717) is 51.4 Å². The second-order valence-corrected chi connectivity index (χ2v) is 15.8. The van der Waals surface area contributed by atoms with E-state index in [1.807, 2.05) is 25.1 Å². The molecular formula is C37H50N6O12S. The zero-order chi connectivity index (χ0) is 41.3. The Bertz CT molecular complexity index is 2150. The first-order valence-corrected chi connectivity index (χ1v) is 19.4. The Morgan fingerprint density at radius 2 is 1.23 bits per heavy atom. The number of carboxylic acid groups (broad SMARTS) is 4. The molecule has 2 atom stereocenters. The van der Waals surface area contributed by atoms with E-state index < -0.39 is 58.8 Å². The molecule has 0 radical (unpaired) electrons. The molecule has 0 aromatic heterocycles. The first-order chi connectivity index (χ1) is 26.4. The zero-order valence-electron chi connectivity index (χ0n) is 31.8. The number of hydrogen-bond donors (Lipinski definition) is 7. The second-order valence-electron chi connectivity index (χ2n) is 13.8. The smallest absolute Gasteiger partial charge is 0.321 e. The first kappa shape index (κ1) is 43.7. The summed E-state index contributed by atoms with van der Waals surface area (Å²) in [4.78, 5) is 53.3. The molecule has 0 aliphatic heterocycles. The number of sulfonamides is 1. The number of nitrogen functional groups attached to an aromatic ring is 1. The molecule has 2 unspecified atom stereocenters. The van der Waals surface area contributed by atoms with Crippen molar-refractivity contribution in [2.45, 2.75) is 49.1 Å². The number of hydrogen-bond acceptors (Lipinski definition) is 13. The molecule has 8 N–H and O–H groups in total.